The molecule has 0 saturated heterocycles. The van der Waals surface area contributed by atoms with Crippen LogP contribution in [0.2, 0.25) is 0 Å². The van der Waals surface area contributed by atoms with E-state index in [9.17, 15) is 14.4 Å². The van der Waals surface area contributed by atoms with Crippen LogP contribution in [0.4, 0.5) is 10.5 Å². The zero-order valence-electron chi connectivity index (χ0n) is 11.2. The van der Waals surface area contributed by atoms with Gasteiger partial charge in [-0.25, -0.2) is 9.59 Å². The third-order valence-corrected chi connectivity index (χ3v) is 2.62. The minimum absolute atomic E-state index is 0.350. The molecule has 5 N–H and O–H groups in total. The maximum absolute atomic E-state index is 11.7. The number of aliphatic carboxylic acids is 1. The number of carbonyl (C=O) groups is 3. The molecule has 0 fully saturated rings. The lowest BCUT2D eigenvalue weighted by Gasteiger charge is -2.14. The van der Waals surface area contributed by atoms with Gasteiger partial charge in [0.05, 0.1) is 18.1 Å². The predicted molar refractivity (Wildman–Crippen MR) is 73.3 cm³/mol. The number of hydrogen-bond acceptors (Lipinski definition) is 4. The van der Waals surface area contributed by atoms with Gasteiger partial charge in [-0.1, -0.05) is 6.07 Å². The van der Waals surface area contributed by atoms with Crippen LogP contribution in [0.15, 0.2) is 18.2 Å². The van der Waals surface area contributed by atoms with E-state index in [1.165, 1.54) is 6.07 Å². The first-order chi connectivity index (χ1) is 9.83. The molecular weight excluding hydrogens is 276 g/mol. The van der Waals surface area contributed by atoms with E-state index >= 15 is 0 Å². The van der Waals surface area contributed by atoms with Gasteiger partial charge in [-0.05, 0) is 24.6 Å². The predicted octanol–water partition coefficient (Wildman–Crippen LogP) is 0.317. The molecule has 0 radical (unpaired) electrons. The number of carboxylic acid groups (broad SMARTS) is 1. The summed E-state index contributed by atoms with van der Waals surface area (Å²) >= 11 is 0. The number of benzene rings is 1. The lowest BCUT2D eigenvalue weighted by Crippen LogP contribution is -2.45. The SMILES string of the molecule is Cc1ccc(C#N)cc1NC(=O)N[C@@H](CC(N)=O)C(=O)O. The summed E-state index contributed by atoms with van der Waals surface area (Å²) < 4.78 is 0. The lowest BCUT2D eigenvalue weighted by atomic mass is 10.1. The van der Waals surface area contributed by atoms with Crippen LogP contribution < -0.4 is 16.4 Å². The maximum atomic E-state index is 11.7. The molecule has 1 rings (SSSR count). The van der Waals surface area contributed by atoms with Crippen molar-refractivity contribution in [2.24, 2.45) is 5.73 Å². The lowest BCUT2D eigenvalue weighted by molar-refractivity contribution is -0.140. The number of aryl methyl sites for hydroxylation is 1. The summed E-state index contributed by atoms with van der Waals surface area (Å²) in [6, 6.07) is 4.40. The van der Waals surface area contributed by atoms with E-state index in [4.69, 9.17) is 16.1 Å². The summed E-state index contributed by atoms with van der Waals surface area (Å²) in [6.45, 7) is 1.72. The highest BCUT2D eigenvalue weighted by molar-refractivity contribution is 5.94. The van der Waals surface area contributed by atoms with Crippen molar-refractivity contribution in [1.82, 2.24) is 5.32 Å². The van der Waals surface area contributed by atoms with Crippen molar-refractivity contribution < 1.29 is 19.5 Å². The highest BCUT2D eigenvalue weighted by atomic mass is 16.4. The van der Waals surface area contributed by atoms with E-state index in [1.807, 2.05) is 6.07 Å². The number of carbonyl (C=O) groups excluding carboxylic acids is 2. The topological polar surface area (TPSA) is 145 Å². The summed E-state index contributed by atoms with van der Waals surface area (Å²) in [5, 5.41) is 22.2. The average molecular weight is 290 g/mol. The molecular formula is C13H14N4O4. The second kappa shape index (κ2) is 6.91. The molecule has 21 heavy (non-hydrogen) atoms. The van der Waals surface area contributed by atoms with Crippen LogP contribution in [-0.2, 0) is 9.59 Å². The quantitative estimate of drug-likeness (QED) is 0.616. The van der Waals surface area contributed by atoms with Crippen molar-refractivity contribution in [3.05, 3.63) is 29.3 Å². The molecule has 1 aromatic carbocycles. The van der Waals surface area contributed by atoms with E-state index in [0.29, 0.717) is 16.8 Å². The van der Waals surface area contributed by atoms with Gasteiger partial charge in [-0.15, -0.1) is 0 Å². The number of nitrogens with one attached hydrogen (secondary N) is 2. The Morgan fingerprint density at radius 2 is 2.10 bits per heavy atom. The van der Waals surface area contributed by atoms with Crippen molar-refractivity contribution in [1.29, 1.82) is 5.26 Å². The molecule has 0 aliphatic carbocycles. The molecule has 3 amide bonds. The number of primary amides is 1. The van der Waals surface area contributed by atoms with Gasteiger partial charge in [0.2, 0.25) is 5.91 Å². The molecule has 0 aliphatic rings. The van der Waals surface area contributed by atoms with E-state index in [-0.39, 0.29) is 0 Å². The van der Waals surface area contributed by atoms with Gasteiger partial charge >= 0.3 is 12.0 Å². The second-order valence-corrected chi connectivity index (χ2v) is 4.30. The monoisotopic (exact) mass is 290 g/mol. The van der Waals surface area contributed by atoms with Crippen LogP contribution in [0.25, 0.3) is 0 Å². The van der Waals surface area contributed by atoms with E-state index in [2.05, 4.69) is 10.6 Å². The van der Waals surface area contributed by atoms with Crippen LogP contribution in [0, 0.1) is 18.3 Å². The summed E-state index contributed by atoms with van der Waals surface area (Å²) in [5.74, 6) is -2.21. The minimum Gasteiger partial charge on any atom is -0.480 e. The molecule has 8 nitrogen and oxygen atoms in total. The third kappa shape index (κ3) is 4.83. The van der Waals surface area contributed by atoms with Crippen LogP contribution in [0.3, 0.4) is 0 Å². The summed E-state index contributed by atoms with van der Waals surface area (Å²) in [5.41, 5.74) is 6.33. The fraction of sp³-hybridized carbons (Fsp3) is 0.231. The van der Waals surface area contributed by atoms with Gasteiger partial charge in [0.15, 0.2) is 0 Å². The first kappa shape index (κ1) is 16.0. The average Bonchev–Trinajstić information content (AvgIpc) is 2.39. The van der Waals surface area contributed by atoms with E-state index in [1.54, 1.807) is 19.1 Å². The zero-order valence-corrected chi connectivity index (χ0v) is 11.2. The highest BCUT2D eigenvalue weighted by Gasteiger charge is 2.22. The normalized spacial score (nSPS) is 11.0. The van der Waals surface area contributed by atoms with E-state index < -0.39 is 30.4 Å². The highest BCUT2D eigenvalue weighted by Crippen LogP contribution is 2.16. The largest absolute Gasteiger partial charge is 0.480 e. The maximum Gasteiger partial charge on any atom is 0.326 e. The number of nitrogens with zero attached hydrogens (tertiary/aromatic N) is 1. The Labute approximate surface area is 120 Å². The number of urea groups is 1. The van der Waals surface area contributed by atoms with Gasteiger partial charge in [-0.2, -0.15) is 5.26 Å². The number of nitriles is 1. The third-order valence-electron chi connectivity index (χ3n) is 2.62. The molecule has 1 aromatic rings. The summed E-state index contributed by atoms with van der Waals surface area (Å²) in [6.07, 6.45) is -0.514. The molecule has 0 unspecified atom stereocenters. The molecule has 0 heterocycles. The molecule has 0 aliphatic heterocycles. The smallest absolute Gasteiger partial charge is 0.326 e. The number of hydrogen-bond donors (Lipinski definition) is 4. The van der Waals surface area contributed by atoms with Crippen LogP contribution in [0.1, 0.15) is 17.5 Å². The standard InChI is InChI=1S/C13H14N4O4/c1-7-2-3-8(6-14)4-9(7)16-13(21)17-10(12(19)20)5-11(15)18/h2-4,10H,5H2,1H3,(H2,15,18)(H,19,20)(H2,16,17,21)/t10-/m0/s1. The summed E-state index contributed by atoms with van der Waals surface area (Å²) in [7, 11) is 0. The van der Waals surface area contributed by atoms with Gasteiger partial charge in [-0.3, -0.25) is 4.79 Å². The molecule has 110 valence electrons. The second-order valence-electron chi connectivity index (χ2n) is 4.30. The molecule has 8 heteroatoms. The van der Waals surface area contributed by atoms with Crippen LogP contribution in [0.5, 0.6) is 0 Å². The molecule has 0 aromatic heterocycles. The van der Waals surface area contributed by atoms with Gasteiger partial charge in [0.25, 0.3) is 0 Å². The van der Waals surface area contributed by atoms with Crippen LogP contribution in [-0.4, -0.2) is 29.1 Å². The van der Waals surface area contributed by atoms with Crippen molar-refractivity contribution >= 4 is 23.6 Å². The summed E-state index contributed by atoms with van der Waals surface area (Å²) in [4.78, 5) is 33.4. The van der Waals surface area contributed by atoms with Crippen molar-refractivity contribution in [3.63, 3.8) is 0 Å². The molecule has 0 bridgehead atoms. The number of carboxylic acids is 1. The molecule has 0 spiro atoms. The minimum atomic E-state index is -1.41. The Morgan fingerprint density at radius 3 is 2.62 bits per heavy atom. The molecule has 1 atom stereocenters. The Kier molecular flexibility index (Phi) is 5.25. The van der Waals surface area contributed by atoms with Crippen molar-refractivity contribution in [2.45, 2.75) is 19.4 Å². The number of rotatable bonds is 5. The Bertz CT molecular complexity index is 621. The Hall–Kier alpha value is -3.08. The first-order valence-corrected chi connectivity index (χ1v) is 5.93. The van der Waals surface area contributed by atoms with Gasteiger partial charge < -0.3 is 21.5 Å². The fourth-order valence-corrected chi connectivity index (χ4v) is 1.54. The Balaban J connectivity index is 2.79. The molecule has 0 saturated carbocycles. The first-order valence-electron chi connectivity index (χ1n) is 5.93. The van der Waals surface area contributed by atoms with Crippen LogP contribution >= 0.6 is 0 Å². The van der Waals surface area contributed by atoms with Crippen molar-refractivity contribution in [2.75, 3.05) is 5.32 Å². The number of nitrogens with two attached hydrogens (primary N) is 1. The Morgan fingerprint density at radius 1 is 1.43 bits per heavy atom. The zero-order chi connectivity index (χ0) is 16.0. The van der Waals surface area contributed by atoms with E-state index in [0.717, 1.165) is 0 Å². The number of anilines is 1. The number of amides is 3. The van der Waals surface area contributed by atoms with Gasteiger partial charge in [0.1, 0.15) is 6.04 Å². The fourth-order valence-electron chi connectivity index (χ4n) is 1.54. The van der Waals surface area contributed by atoms with Gasteiger partial charge in [0, 0.05) is 5.69 Å². The van der Waals surface area contributed by atoms with Crippen molar-refractivity contribution in [3.8, 4) is 6.07 Å².